The van der Waals surface area contributed by atoms with Crippen molar-refractivity contribution in [1.29, 1.82) is 0 Å². The lowest BCUT2D eigenvalue weighted by molar-refractivity contribution is 0.569. The predicted octanol–water partition coefficient (Wildman–Crippen LogP) is 4.29. The summed E-state index contributed by atoms with van der Waals surface area (Å²) < 4.78 is 16.0. The standard InChI is InChI=1S/C13H12FN3S2/c1-2-10(12-15-5-6-19-12)17-11-7-8(14)3-4-9(11)16-13(17)18/h3-7,10H,2H2,1H3,(H,16,18). The van der Waals surface area contributed by atoms with Crippen molar-refractivity contribution >= 4 is 34.6 Å². The van der Waals surface area contributed by atoms with Crippen molar-refractivity contribution in [2.24, 2.45) is 0 Å². The number of hydrogen-bond donors (Lipinski definition) is 1. The first-order valence-electron chi connectivity index (χ1n) is 6.00. The number of fused-ring (bicyclic) bond motifs is 1. The van der Waals surface area contributed by atoms with Gasteiger partial charge < -0.3 is 9.55 Å². The van der Waals surface area contributed by atoms with E-state index in [0.717, 1.165) is 22.5 Å². The SMILES string of the molecule is CCC(c1nccs1)n1c(=S)[nH]c2ccc(F)cc21. The molecule has 0 aliphatic heterocycles. The third-order valence-electron chi connectivity index (χ3n) is 3.11. The van der Waals surface area contributed by atoms with Crippen LogP contribution < -0.4 is 0 Å². The van der Waals surface area contributed by atoms with Crippen LogP contribution in [-0.4, -0.2) is 14.5 Å². The maximum atomic E-state index is 13.5. The van der Waals surface area contributed by atoms with E-state index >= 15 is 0 Å². The van der Waals surface area contributed by atoms with Crippen LogP contribution in [0.4, 0.5) is 4.39 Å². The van der Waals surface area contributed by atoms with Gasteiger partial charge in [0.1, 0.15) is 10.8 Å². The molecule has 1 N–H and O–H groups in total. The van der Waals surface area contributed by atoms with Gasteiger partial charge in [0, 0.05) is 11.6 Å². The fourth-order valence-corrected chi connectivity index (χ4v) is 3.42. The molecule has 1 atom stereocenters. The number of thiazole rings is 1. The Morgan fingerprint density at radius 1 is 1.53 bits per heavy atom. The van der Waals surface area contributed by atoms with Gasteiger partial charge in [-0.2, -0.15) is 0 Å². The Hall–Kier alpha value is -1.53. The molecule has 0 bridgehead atoms. The van der Waals surface area contributed by atoms with E-state index in [1.165, 1.54) is 12.1 Å². The smallest absolute Gasteiger partial charge is 0.178 e. The van der Waals surface area contributed by atoms with Gasteiger partial charge in [-0.25, -0.2) is 9.37 Å². The molecule has 0 saturated carbocycles. The summed E-state index contributed by atoms with van der Waals surface area (Å²) in [5.74, 6) is -0.260. The lowest BCUT2D eigenvalue weighted by Gasteiger charge is -2.15. The normalized spacial score (nSPS) is 12.9. The molecule has 0 spiro atoms. The summed E-state index contributed by atoms with van der Waals surface area (Å²) in [7, 11) is 0. The van der Waals surface area contributed by atoms with Crippen molar-refractivity contribution < 1.29 is 4.39 Å². The quantitative estimate of drug-likeness (QED) is 0.731. The molecule has 3 aromatic rings. The van der Waals surface area contributed by atoms with Gasteiger partial charge >= 0.3 is 0 Å². The van der Waals surface area contributed by atoms with Gasteiger partial charge in [-0.3, -0.25) is 0 Å². The van der Waals surface area contributed by atoms with Gasteiger partial charge in [0.25, 0.3) is 0 Å². The molecule has 2 aromatic heterocycles. The Kier molecular flexibility index (Phi) is 3.20. The largest absolute Gasteiger partial charge is 0.331 e. The minimum atomic E-state index is -0.260. The van der Waals surface area contributed by atoms with Gasteiger partial charge in [-0.05, 0) is 36.8 Å². The zero-order valence-corrected chi connectivity index (χ0v) is 11.9. The van der Waals surface area contributed by atoms with E-state index in [1.807, 2.05) is 9.95 Å². The van der Waals surface area contributed by atoms with Crippen molar-refractivity contribution in [2.75, 3.05) is 0 Å². The number of imidazole rings is 1. The van der Waals surface area contributed by atoms with Gasteiger partial charge in [0.05, 0.1) is 17.1 Å². The Bertz CT molecular complexity index is 758. The highest BCUT2D eigenvalue weighted by atomic mass is 32.1. The molecule has 0 aliphatic rings. The van der Waals surface area contributed by atoms with E-state index in [2.05, 4.69) is 16.9 Å². The van der Waals surface area contributed by atoms with Crippen molar-refractivity contribution in [3.05, 3.63) is 45.4 Å². The van der Waals surface area contributed by atoms with Crippen LogP contribution in [0.25, 0.3) is 11.0 Å². The molecule has 3 nitrogen and oxygen atoms in total. The minimum Gasteiger partial charge on any atom is -0.331 e. The molecule has 0 aliphatic carbocycles. The molecule has 0 radical (unpaired) electrons. The Morgan fingerprint density at radius 2 is 2.37 bits per heavy atom. The second-order valence-corrected chi connectivity index (χ2v) is 5.57. The Balaban J connectivity index is 2.26. The Morgan fingerprint density at radius 3 is 3.05 bits per heavy atom. The molecular formula is C13H12FN3S2. The van der Waals surface area contributed by atoms with Crippen LogP contribution >= 0.6 is 23.6 Å². The molecular weight excluding hydrogens is 281 g/mol. The first kappa shape index (κ1) is 12.5. The third-order valence-corrected chi connectivity index (χ3v) is 4.29. The first-order chi connectivity index (χ1) is 9.20. The number of H-pyrrole nitrogens is 1. The van der Waals surface area contributed by atoms with E-state index < -0.39 is 0 Å². The maximum Gasteiger partial charge on any atom is 0.178 e. The number of halogens is 1. The van der Waals surface area contributed by atoms with Crippen LogP contribution in [0, 0.1) is 10.6 Å². The van der Waals surface area contributed by atoms with Gasteiger partial charge in [0.2, 0.25) is 0 Å². The van der Waals surface area contributed by atoms with Crippen LogP contribution in [-0.2, 0) is 0 Å². The average molecular weight is 293 g/mol. The van der Waals surface area contributed by atoms with Gasteiger partial charge in [-0.1, -0.05) is 6.92 Å². The van der Waals surface area contributed by atoms with Crippen LogP contribution in [0.2, 0.25) is 0 Å². The zero-order chi connectivity index (χ0) is 13.4. The number of benzene rings is 1. The first-order valence-corrected chi connectivity index (χ1v) is 7.28. The van der Waals surface area contributed by atoms with Gasteiger partial charge in [-0.15, -0.1) is 11.3 Å². The molecule has 0 fully saturated rings. The number of hydrogen-bond acceptors (Lipinski definition) is 3. The molecule has 1 aromatic carbocycles. The fourth-order valence-electron chi connectivity index (χ4n) is 2.27. The van der Waals surface area contributed by atoms with Gasteiger partial charge in [0.15, 0.2) is 4.77 Å². The molecule has 1 unspecified atom stereocenters. The number of nitrogens with zero attached hydrogens (tertiary/aromatic N) is 2. The topological polar surface area (TPSA) is 33.6 Å². The Labute approximate surface area is 118 Å². The number of aromatic nitrogens is 3. The van der Waals surface area contributed by atoms with E-state index in [9.17, 15) is 4.39 Å². The molecule has 2 heterocycles. The summed E-state index contributed by atoms with van der Waals surface area (Å²) in [6.07, 6.45) is 2.63. The monoisotopic (exact) mass is 293 g/mol. The number of aromatic amines is 1. The minimum absolute atomic E-state index is 0.0445. The molecule has 6 heteroatoms. The van der Waals surface area contributed by atoms with Crippen molar-refractivity contribution in [2.45, 2.75) is 19.4 Å². The molecule has 3 rings (SSSR count). The van der Waals surface area contributed by atoms with E-state index in [0.29, 0.717) is 4.77 Å². The molecule has 98 valence electrons. The third kappa shape index (κ3) is 2.11. The second-order valence-electron chi connectivity index (χ2n) is 4.26. The average Bonchev–Trinajstić information content (AvgIpc) is 3.00. The molecule has 0 saturated heterocycles. The summed E-state index contributed by atoms with van der Waals surface area (Å²) in [6.45, 7) is 2.08. The summed E-state index contributed by atoms with van der Waals surface area (Å²) in [5, 5.41) is 2.93. The van der Waals surface area contributed by atoms with Crippen LogP contribution in [0.3, 0.4) is 0 Å². The highest BCUT2D eigenvalue weighted by Gasteiger charge is 2.18. The summed E-state index contributed by atoms with van der Waals surface area (Å²) >= 11 is 6.96. The summed E-state index contributed by atoms with van der Waals surface area (Å²) in [5.41, 5.74) is 1.63. The number of rotatable bonds is 3. The highest BCUT2D eigenvalue weighted by molar-refractivity contribution is 7.71. The number of nitrogens with one attached hydrogen (secondary N) is 1. The van der Waals surface area contributed by atoms with Crippen LogP contribution in [0.5, 0.6) is 0 Å². The fraction of sp³-hybridized carbons (Fsp3) is 0.231. The molecule has 19 heavy (non-hydrogen) atoms. The summed E-state index contributed by atoms with van der Waals surface area (Å²) in [6, 6.07) is 4.70. The van der Waals surface area contributed by atoms with Crippen LogP contribution in [0.1, 0.15) is 24.4 Å². The second kappa shape index (κ2) is 4.86. The lowest BCUT2D eigenvalue weighted by Crippen LogP contribution is -2.09. The van der Waals surface area contributed by atoms with Crippen molar-refractivity contribution in [1.82, 2.24) is 14.5 Å². The van der Waals surface area contributed by atoms with Crippen molar-refractivity contribution in [3.63, 3.8) is 0 Å². The maximum absolute atomic E-state index is 13.5. The van der Waals surface area contributed by atoms with E-state index in [4.69, 9.17) is 12.2 Å². The van der Waals surface area contributed by atoms with E-state index in [-0.39, 0.29) is 11.9 Å². The predicted molar refractivity (Wildman–Crippen MR) is 77.6 cm³/mol. The van der Waals surface area contributed by atoms with Crippen LogP contribution in [0.15, 0.2) is 29.8 Å². The lowest BCUT2D eigenvalue weighted by atomic mass is 10.2. The van der Waals surface area contributed by atoms with Crippen molar-refractivity contribution in [3.8, 4) is 0 Å². The van der Waals surface area contributed by atoms with E-state index in [1.54, 1.807) is 23.6 Å². The highest BCUT2D eigenvalue weighted by Crippen LogP contribution is 2.28. The summed E-state index contributed by atoms with van der Waals surface area (Å²) in [4.78, 5) is 7.48. The zero-order valence-electron chi connectivity index (χ0n) is 10.3. The molecule has 0 amide bonds.